The number of benzene rings is 3. The molecule has 0 radical (unpaired) electrons. The zero-order chi connectivity index (χ0) is 21.2. The minimum absolute atomic E-state index is 0.662. The zero-order valence-corrected chi connectivity index (χ0v) is 18.8. The number of hydrazone groups is 1. The van der Waals surface area contributed by atoms with Crippen LogP contribution in [0.3, 0.4) is 0 Å². The molecule has 0 aliphatic heterocycles. The van der Waals surface area contributed by atoms with E-state index in [2.05, 4.69) is 22.2 Å². The maximum absolute atomic E-state index is 5.89. The normalized spacial score (nSPS) is 12.2. The average molecular weight is 438 g/mol. The van der Waals surface area contributed by atoms with Crippen molar-refractivity contribution in [3.63, 3.8) is 0 Å². The molecule has 0 N–H and O–H groups in total. The molecule has 3 aromatic carbocycles. The number of methoxy groups -OCH3 is 1. The van der Waals surface area contributed by atoms with Crippen molar-refractivity contribution in [2.45, 2.75) is 6.54 Å². The van der Waals surface area contributed by atoms with Crippen molar-refractivity contribution in [3.8, 4) is 11.5 Å². The fraction of sp³-hybridized carbons (Fsp3) is 0.130. The van der Waals surface area contributed by atoms with Gasteiger partial charge < -0.3 is 9.26 Å². The first-order chi connectivity index (χ1) is 14.6. The quantitative estimate of drug-likeness (QED) is 0.263. The van der Waals surface area contributed by atoms with Crippen LogP contribution in [-0.2, 0) is 18.4 Å². The number of ether oxygens (including phenoxy) is 1. The lowest BCUT2D eigenvalue weighted by Crippen LogP contribution is -2.03. The summed E-state index contributed by atoms with van der Waals surface area (Å²) in [4.78, 5) is 4.48. The van der Waals surface area contributed by atoms with E-state index in [4.69, 9.17) is 21.1 Å². The summed E-state index contributed by atoms with van der Waals surface area (Å²) in [7, 11) is 1.76. The summed E-state index contributed by atoms with van der Waals surface area (Å²) in [5.41, 5.74) is 3.17. The van der Waals surface area contributed by atoms with Crippen molar-refractivity contribution in [3.05, 3.63) is 95.6 Å². The maximum Gasteiger partial charge on any atom is 0.207 e. The molecule has 1 atom stereocenters. The van der Waals surface area contributed by atoms with Crippen molar-refractivity contribution in [1.29, 1.82) is 0 Å². The van der Waals surface area contributed by atoms with Gasteiger partial charge in [0.25, 0.3) is 0 Å². The van der Waals surface area contributed by atoms with Gasteiger partial charge in [-0.1, -0.05) is 30.3 Å². The first-order valence-electron chi connectivity index (χ1n) is 9.41. The number of nitrogens with zero attached hydrogens (tertiary/aromatic N) is 3. The number of aliphatic imine (C=N–C) groups is 1. The Kier molecular flexibility index (Phi) is 8.19. The molecule has 0 bridgehead atoms. The summed E-state index contributed by atoms with van der Waals surface area (Å²) in [5, 5.41) is 4.40. The maximum atomic E-state index is 5.89. The number of hydrogen-bond donors (Lipinski definition) is 0. The third kappa shape index (κ3) is 6.83. The van der Waals surface area contributed by atoms with Gasteiger partial charge in [-0.25, -0.2) is 4.78 Å². The summed E-state index contributed by atoms with van der Waals surface area (Å²) >= 11 is 5.50. The van der Waals surface area contributed by atoms with Gasteiger partial charge in [-0.3, -0.25) is 4.99 Å². The van der Waals surface area contributed by atoms with E-state index in [-0.39, 0.29) is 0 Å². The van der Waals surface area contributed by atoms with Crippen molar-refractivity contribution >= 4 is 31.3 Å². The Morgan fingerprint density at radius 3 is 2.10 bits per heavy atom. The summed E-state index contributed by atoms with van der Waals surface area (Å²) in [5.74, 6) is 1.54. The van der Waals surface area contributed by atoms with Gasteiger partial charge in [0.2, 0.25) is 7.07 Å². The largest absolute Gasteiger partial charge is 0.497 e. The molecule has 0 aliphatic rings. The molecule has 0 aromatic heterocycles. The highest BCUT2D eigenvalue weighted by molar-refractivity contribution is 8.02. The van der Waals surface area contributed by atoms with Crippen molar-refractivity contribution in [2.24, 2.45) is 10.1 Å². The second-order valence-electron chi connectivity index (χ2n) is 6.43. The van der Waals surface area contributed by atoms with Crippen LogP contribution < -0.4 is 9.26 Å². The predicted octanol–water partition coefficient (Wildman–Crippen LogP) is 5.17. The Balaban J connectivity index is 1.51. The van der Waals surface area contributed by atoms with Crippen LogP contribution in [0.1, 0.15) is 16.7 Å². The van der Waals surface area contributed by atoms with E-state index in [1.54, 1.807) is 18.1 Å². The van der Waals surface area contributed by atoms with E-state index in [9.17, 15) is 0 Å². The lowest BCUT2D eigenvalue weighted by Gasteiger charge is -2.16. The van der Waals surface area contributed by atoms with E-state index >= 15 is 0 Å². The molecule has 3 rings (SSSR count). The Morgan fingerprint density at radius 1 is 0.867 bits per heavy atom. The molecular formula is C23H24N3O2PS. The zero-order valence-electron chi connectivity index (χ0n) is 16.9. The van der Waals surface area contributed by atoms with E-state index in [1.165, 1.54) is 5.56 Å². The highest BCUT2D eigenvalue weighted by atomic mass is 32.4. The first-order valence-corrected chi connectivity index (χ1v) is 11.9. The highest BCUT2D eigenvalue weighted by Gasteiger charge is 2.03. The van der Waals surface area contributed by atoms with Gasteiger partial charge in [-0.2, -0.15) is 5.10 Å². The van der Waals surface area contributed by atoms with Crippen molar-refractivity contribution in [1.82, 2.24) is 4.78 Å². The van der Waals surface area contributed by atoms with Gasteiger partial charge in [0.1, 0.15) is 11.5 Å². The minimum atomic E-state index is -1.71. The first kappa shape index (κ1) is 21.8. The third-order valence-electron chi connectivity index (χ3n) is 4.20. The van der Waals surface area contributed by atoms with Crippen molar-refractivity contribution in [2.75, 3.05) is 14.2 Å². The van der Waals surface area contributed by atoms with Crippen LogP contribution in [-0.4, -0.2) is 31.4 Å². The molecule has 0 spiro atoms. The van der Waals surface area contributed by atoms with Gasteiger partial charge in [-0.05, 0) is 77.0 Å². The van der Waals surface area contributed by atoms with Gasteiger partial charge in [0, 0.05) is 13.3 Å². The molecule has 1 unspecified atom stereocenters. The molecular weight excluding hydrogens is 413 g/mol. The van der Waals surface area contributed by atoms with Gasteiger partial charge >= 0.3 is 0 Å². The van der Waals surface area contributed by atoms with E-state index < -0.39 is 7.07 Å². The van der Waals surface area contributed by atoms with Crippen LogP contribution in [0, 0.1) is 0 Å². The molecule has 0 saturated heterocycles. The van der Waals surface area contributed by atoms with Crippen LogP contribution in [0.5, 0.6) is 11.5 Å². The third-order valence-corrected chi connectivity index (χ3v) is 6.30. The van der Waals surface area contributed by atoms with Crippen LogP contribution >= 0.6 is 7.07 Å². The Morgan fingerprint density at radius 2 is 1.47 bits per heavy atom. The van der Waals surface area contributed by atoms with Crippen LogP contribution in [0.4, 0.5) is 0 Å². The molecule has 0 heterocycles. The summed E-state index contributed by atoms with van der Waals surface area (Å²) in [6.45, 7) is 0.662. The molecule has 0 fully saturated rings. The second-order valence-corrected chi connectivity index (χ2v) is 8.86. The van der Waals surface area contributed by atoms with E-state index in [0.717, 1.165) is 22.6 Å². The fourth-order valence-corrected chi connectivity index (χ4v) is 3.57. The summed E-state index contributed by atoms with van der Waals surface area (Å²) < 4.78 is 12.7. The monoisotopic (exact) mass is 437 g/mol. The molecule has 3 aromatic rings. The van der Waals surface area contributed by atoms with Gasteiger partial charge in [-0.15, -0.1) is 0 Å². The molecule has 7 heteroatoms. The summed E-state index contributed by atoms with van der Waals surface area (Å²) in [6, 6.07) is 25.6. The molecule has 0 aliphatic carbocycles. The van der Waals surface area contributed by atoms with Crippen LogP contribution in [0.15, 0.2) is 89.0 Å². The highest BCUT2D eigenvalue weighted by Crippen LogP contribution is 2.30. The van der Waals surface area contributed by atoms with E-state index in [1.807, 2.05) is 80.0 Å². The predicted molar refractivity (Wildman–Crippen MR) is 129 cm³/mol. The average Bonchev–Trinajstić information content (AvgIpc) is 2.79. The Labute approximate surface area is 183 Å². The fourth-order valence-electron chi connectivity index (χ4n) is 2.52. The Hall–Kier alpha value is -2.95. The Bertz CT molecular complexity index is 1010. The number of hydrogen-bond acceptors (Lipinski definition) is 5. The van der Waals surface area contributed by atoms with Gasteiger partial charge in [0.05, 0.1) is 19.9 Å². The van der Waals surface area contributed by atoms with Gasteiger partial charge in [0.15, 0.2) is 0 Å². The lowest BCUT2D eigenvalue weighted by molar-refractivity contribution is 0.415. The smallest absolute Gasteiger partial charge is 0.207 e. The molecule has 154 valence electrons. The lowest BCUT2D eigenvalue weighted by atomic mass is 10.2. The van der Waals surface area contributed by atoms with Crippen molar-refractivity contribution < 1.29 is 9.26 Å². The van der Waals surface area contributed by atoms with Crippen LogP contribution in [0.2, 0.25) is 0 Å². The molecule has 5 nitrogen and oxygen atoms in total. The molecule has 0 amide bonds. The molecule has 0 saturated carbocycles. The number of rotatable bonds is 9. The molecule has 30 heavy (non-hydrogen) atoms. The minimum Gasteiger partial charge on any atom is -0.497 e. The SMILES string of the molecule is COc1ccc(/C=N/N(C)[PH](=S)Oc2ccc(/C=N/Cc3ccccc3)cc2)cc1. The summed E-state index contributed by atoms with van der Waals surface area (Å²) in [6.07, 6.45) is 3.62. The van der Waals surface area contributed by atoms with E-state index in [0.29, 0.717) is 6.54 Å². The topological polar surface area (TPSA) is 46.4 Å². The standard InChI is InChI=1S/C23H24N3O2PS/c1-26(25-18-21-8-12-22(27-2)13-9-21)29(30)28-23-14-10-20(11-15-23)17-24-16-19-6-4-3-5-7-19/h3-15,17-18,29H,16H2,1-2H3/b24-17+,25-18+. The second kappa shape index (κ2) is 11.3. The van der Waals surface area contributed by atoms with Crippen LogP contribution in [0.25, 0.3) is 0 Å².